The van der Waals surface area contributed by atoms with Gasteiger partial charge in [0.05, 0.1) is 23.9 Å². The number of benzene rings is 3. The molecular formula is C26H21N2NaO5. The molecule has 0 unspecified atom stereocenters. The summed E-state index contributed by atoms with van der Waals surface area (Å²) in [6.07, 6.45) is 3.26. The second-order valence-corrected chi connectivity index (χ2v) is 7.19. The molecule has 7 nitrogen and oxygen atoms in total. The summed E-state index contributed by atoms with van der Waals surface area (Å²) in [4.78, 5) is 28.8. The zero-order valence-corrected chi connectivity index (χ0v) is 20.6. The third-order valence-corrected chi connectivity index (χ3v) is 5.17. The first-order valence-corrected chi connectivity index (χ1v) is 10.0. The van der Waals surface area contributed by atoms with Crippen LogP contribution in [0.1, 0.15) is 22.1 Å². The molecule has 0 aliphatic heterocycles. The van der Waals surface area contributed by atoms with Crippen LogP contribution < -0.4 is 39.6 Å². The molecule has 3 aromatic carbocycles. The maximum atomic E-state index is 13.1. The van der Waals surface area contributed by atoms with Crippen LogP contribution in [0.2, 0.25) is 0 Å². The van der Waals surface area contributed by atoms with Gasteiger partial charge in [-0.1, -0.05) is 30.3 Å². The number of carbonyl (C=O) groups excluding carboxylic acids is 1. The van der Waals surface area contributed by atoms with Crippen molar-refractivity contribution in [1.82, 2.24) is 4.98 Å². The van der Waals surface area contributed by atoms with E-state index in [0.717, 1.165) is 11.1 Å². The smallest absolute Gasteiger partial charge is 1.00 e. The first kappa shape index (κ1) is 25.0. The first-order valence-electron chi connectivity index (χ1n) is 10.0. The number of amides is 1. The zero-order valence-electron chi connectivity index (χ0n) is 19.6. The molecule has 0 saturated heterocycles. The largest absolute Gasteiger partial charge is 1.00 e. The molecule has 1 aromatic heterocycles. The number of hydrogen-bond acceptors (Lipinski definition) is 5. The van der Waals surface area contributed by atoms with Crippen molar-refractivity contribution in [2.24, 2.45) is 0 Å². The van der Waals surface area contributed by atoms with Crippen molar-refractivity contribution >= 4 is 17.6 Å². The van der Waals surface area contributed by atoms with Crippen molar-refractivity contribution in [3.63, 3.8) is 0 Å². The van der Waals surface area contributed by atoms with E-state index in [0.29, 0.717) is 16.9 Å². The summed E-state index contributed by atoms with van der Waals surface area (Å²) in [5.41, 5.74) is 2.99. The average molecular weight is 464 g/mol. The SMILES string of the molecule is COc1ccccc1-c1ccc(C(=O)O)c(NC(=O)c2cc(-c3ccncc3)ccc2O)c1.[H-].[Na+]. The van der Waals surface area contributed by atoms with Gasteiger partial charge in [-0.05, 0) is 59.2 Å². The van der Waals surface area contributed by atoms with E-state index in [9.17, 15) is 19.8 Å². The number of pyridine rings is 1. The van der Waals surface area contributed by atoms with Crippen LogP contribution in [0.15, 0.2) is 85.2 Å². The molecule has 0 atom stereocenters. The Bertz CT molecular complexity index is 1350. The number of aromatic nitrogens is 1. The van der Waals surface area contributed by atoms with E-state index in [1.807, 2.05) is 18.2 Å². The molecule has 0 fully saturated rings. The molecule has 0 bridgehead atoms. The minimum Gasteiger partial charge on any atom is -1.00 e. The summed E-state index contributed by atoms with van der Waals surface area (Å²) >= 11 is 0. The molecule has 34 heavy (non-hydrogen) atoms. The van der Waals surface area contributed by atoms with Crippen LogP contribution in [0.4, 0.5) is 5.69 Å². The summed E-state index contributed by atoms with van der Waals surface area (Å²) in [6, 6.07) is 20.2. The Hall–Kier alpha value is -3.65. The number of hydrogen-bond donors (Lipinski definition) is 3. The molecule has 0 aliphatic rings. The quantitative estimate of drug-likeness (QED) is 0.378. The van der Waals surface area contributed by atoms with Crippen LogP contribution in [0.25, 0.3) is 22.3 Å². The fourth-order valence-electron chi connectivity index (χ4n) is 3.52. The average Bonchev–Trinajstić information content (AvgIpc) is 2.84. The van der Waals surface area contributed by atoms with Gasteiger partial charge in [-0.2, -0.15) is 0 Å². The molecule has 1 heterocycles. The summed E-state index contributed by atoms with van der Waals surface area (Å²) in [5.74, 6) is -1.43. The number of carboxylic acid groups (broad SMARTS) is 1. The van der Waals surface area contributed by atoms with Crippen LogP contribution >= 0.6 is 0 Å². The molecule has 1 amide bonds. The van der Waals surface area contributed by atoms with Gasteiger partial charge in [0.1, 0.15) is 11.5 Å². The van der Waals surface area contributed by atoms with E-state index < -0.39 is 11.9 Å². The van der Waals surface area contributed by atoms with Gasteiger partial charge in [0, 0.05) is 18.0 Å². The Morgan fingerprint density at radius 2 is 1.59 bits per heavy atom. The number of nitrogens with one attached hydrogen (secondary N) is 1. The number of aromatic hydroxyl groups is 1. The number of anilines is 1. The maximum Gasteiger partial charge on any atom is 1.00 e. The van der Waals surface area contributed by atoms with Crippen LogP contribution in [0.5, 0.6) is 11.5 Å². The van der Waals surface area contributed by atoms with E-state index in [1.165, 1.54) is 12.1 Å². The normalized spacial score (nSPS) is 10.1. The Morgan fingerprint density at radius 3 is 2.29 bits per heavy atom. The molecule has 4 aromatic rings. The Balaban J connectivity index is 0.00000216. The fourth-order valence-corrected chi connectivity index (χ4v) is 3.52. The van der Waals surface area contributed by atoms with E-state index in [-0.39, 0.29) is 53.5 Å². The van der Waals surface area contributed by atoms with Crippen molar-refractivity contribution in [2.45, 2.75) is 0 Å². The van der Waals surface area contributed by atoms with Gasteiger partial charge in [0.25, 0.3) is 5.91 Å². The van der Waals surface area contributed by atoms with Gasteiger partial charge >= 0.3 is 35.5 Å². The molecule has 0 radical (unpaired) electrons. The number of nitrogens with zero attached hydrogens (tertiary/aromatic N) is 1. The predicted molar refractivity (Wildman–Crippen MR) is 126 cm³/mol. The van der Waals surface area contributed by atoms with E-state index >= 15 is 0 Å². The van der Waals surface area contributed by atoms with Crippen molar-refractivity contribution in [3.8, 4) is 33.8 Å². The molecule has 0 spiro atoms. The molecule has 4 rings (SSSR count). The number of ether oxygens (including phenoxy) is 1. The monoisotopic (exact) mass is 464 g/mol. The minimum atomic E-state index is -1.19. The van der Waals surface area contributed by atoms with E-state index in [4.69, 9.17) is 4.74 Å². The molecular weight excluding hydrogens is 443 g/mol. The van der Waals surface area contributed by atoms with Crippen molar-refractivity contribution < 1.29 is 55.5 Å². The van der Waals surface area contributed by atoms with Crippen LogP contribution in [-0.4, -0.2) is 34.2 Å². The van der Waals surface area contributed by atoms with Gasteiger partial charge in [-0.15, -0.1) is 0 Å². The number of para-hydroxylation sites is 1. The number of carbonyl (C=O) groups is 2. The fraction of sp³-hybridized carbons (Fsp3) is 0.0385. The van der Waals surface area contributed by atoms with E-state index in [1.54, 1.807) is 62.0 Å². The topological polar surface area (TPSA) is 109 Å². The molecule has 0 aliphatic carbocycles. The summed E-state index contributed by atoms with van der Waals surface area (Å²) in [6.45, 7) is 0. The third-order valence-electron chi connectivity index (χ3n) is 5.17. The van der Waals surface area contributed by atoms with Gasteiger partial charge in [0.2, 0.25) is 0 Å². The minimum absolute atomic E-state index is 0. The molecule has 0 saturated carbocycles. The number of phenolic OH excluding ortho intramolecular Hbond substituents is 1. The van der Waals surface area contributed by atoms with Crippen molar-refractivity contribution in [1.29, 1.82) is 0 Å². The van der Waals surface area contributed by atoms with Crippen molar-refractivity contribution in [2.75, 3.05) is 12.4 Å². The van der Waals surface area contributed by atoms with Gasteiger partial charge in [-0.25, -0.2) is 4.79 Å². The van der Waals surface area contributed by atoms with Crippen LogP contribution in [0.3, 0.4) is 0 Å². The Kier molecular flexibility index (Phi) is 8.07. The molecule has 166 valence electrons. The number of rotatable bonds is 6. The van der Waals surface area contributed by atoms with Gasteiger partial charge < -0.3 is 21.7 Å². The Labute approximate surface area is 219 Å². The van der Waals surface area contributed by atoms with Gasteiger partial charge in [0.15, 0.2) is 0 Å². The van der Waals surface area contributed by atoms with Crippen LogP contribution in [0, 0.1) is 0 Å². The first-order chi connectivity index (χ1) is 16.0. The summed E-state index contributed by atoms with van der Waals surface area (Å²) in [5, 5.41) is 22.6. The van der Waals surface area contributed by atoms with Crippen LogP contribution in [-0.2, 0) is 0 Å². The predicted octanol–water partition coefficient (Wildman–Crippen LogP) is 2.20. The second-order valence-electron chi connectivity index (χ2n) is 7.19. The number of phenols is 1. The van der Waals surface area contributed by atoms with Gasteiger partial charge in [-0.3, -0.25) is 9.78 Å². The second kappa shape index (κ2) is 11.0. The third kappa shape index (κ3) is 5.28. The molecule has 8 heteroatoms. The number of aromatic carboxylic acids is 1. The zero-order chi connectivity index (χ0) is 23.4. The maximum absolute atomic E-state index is 13.1. The van der Waals surface area contributed by atoms with Crippen molar-refractivity contribution in [3.05, 3.63) is 96.3 Å². The summed E-state index contributed by atoms with van der Waals surface area (Å²) in [7, 11) is 1.55. The Morgan fingerprint density at radius 1 is 0.882 bits per heavy atom. The molecule has 3 N–H and O–H groups in total. The number of carboxylic acids is 1. The van der Waals surface area contributed by atoms with E-state index in [2.05, 4.69) is 10.3 Å². The summed E-state index contributed by atoms with van der Waals surface area (Å²) < 4.78 is 5.40. The number of methoxy groups -OCH3 is 1. The standard InChI is InChI=1S/C26H20N2O5.Na.H/c1-33-24-5-3-2-4-19(24)18-6-8-20(26(31)32)22(15-18)28-25(30)21-14-17(7-9-23(21)29)16-10-12-27-13-11-16;;/h2-15,29H,1H3,(H,28,30)(H,31,32);;/q;+1;-1.